The smallest absolute Gasteiger partial charge is 0.261 e. The van der Waals surface area contributed by atoms with E-state index in [1.165, 1.54) is 30.3 Å². The molecule has 3 rings (SSSR count). The van der Waals surface area contributed by atoms with Crippen LogP contribution in [0.3, 0.4) is 0 Å². The molecule has 0 amide bonds. The summed E-state index contributed by atoms with van der Waals surface area (Å²) in [7, 11) is -11.5. The Morgan fingerprint density at radius 1 is 0.963 bits per heavy atom. The molecule has 1 fully saturated rings. The van der Waals surface area contributed by atoms with Gasteiger partial charge >= 0.3 is 0 Å². The summed E-state index contributed by atoms with van der Waals surface area (Å²) >= 11 is 0. The van der Waals surface area contributed by atoms with Crippen LogP contribution in [0.2, 0.25) is 0 Å². The molecule has 27 heavy (non-hydrogen) atoms. The fourth-order valence-corrected chi connectivity index (χ4v) is 8.33. The van der Waals surface area contributed by atoms with Crippen LogP contribution in [0.25, 0.3) is 0 Å². The van der Waals surface area contributed by atoms with Gasteiger partial charge in [0, 0.05) is 5.69 Å². The monoisotopic (exact) mass is 433 g/mol. The molecule has 1 aliphatic heterocycles. The third-order valence-corrected chi connectivity index (χ3v) is 9.72. The molecule has 2 aromatic rings. The molecule has 1 N–H and O–H groups in total. The molecule has 1 aliphatic rings. The lowest BCUT2D eigenvalue weighted by Crippen LogP contribution is -2.23. The third kappa shape index (κ3) is 4.30. The van der Waals surface area contributed by atoms with Crippen molar-refractivity contribution in [3.8, 4) is 0 Å². The number of anilines is 1. The van der Waals surface area contributed by atoms with Crippen LogP contribution in [0.4, 0.5) is 10.1 Å². The third-order valence-electron chi connectivity index (χ3n) is 4.17. The standard InChI is InChI=1S/C16H16FNO6S3/c17-12-4-6-13(7-5-12)18-27(23,24)15-3-1-2-14(10-15)26(21,22)16-8-9-25(19,20)11-16/h1-7,10,16,18H,8-9,11H2/t16-/m1/s1. The second kappa shape index (κ2) is 6.88. The Labute approximate surface area is 157 Å². The maximum atomic E-state index is 12.9. The van der Waals surface area contributed by atoms with Crippen molar-refractivity contribution in [1.29, 1.82) is 0 Å². The van der Waals surface area contributed by atoms with E-state index in [2.05, 4.69) is 4.72 Å². The molecule has 0 radical (unpaired) electrons. The molecular weight excluding hydrogens is 417 g/mol. The first-order chi connectivity index (χ1) is 12.5. The van der Waals surface area contributed by atoms with Crippen molar-refractivity contribution in [2.24, 2.45) is 0 Å². The zero-order valence-electron chi connectivity index (χ0n) is 13.9. The SMILES string of the molecule is O=S1(=O)CC[C@@H](S(=O)(=O)c2cccc(S(=O)(=O)Nc3ccc(F)cc3)c2)C1. The van der Waals surface area contributed by atoms with E-state index in [0.717, 1.165) is 18.2 Å². The summed E-state index contributed by atoms with van der Waals surface area (Å²) in [6, 6.07) is 9.35. The van der Waals surface area contributed by atoms with Crippen molar-refractivity contribution in [1.82, 2.24) is 0 Å². The molecule has 2 aromatic carbocycles. The topological polar surface area (TPSA) is 114 Å². The summed E-state index contributed by atoms with van der Waals surface area (Å²) < 4.78 is 88.7. The van der Waals surface area contributed by atoms with Gasteiger partial charge in [0.15, 0.2) is 19.7 Å². The van der Waals surface area contributed by atoms with Gasteiger partial charge in [-0.05, 0) is 48.9 Å². The van der Waals surface area contributed by atoms with Gasteiger partial charge < -0.3 is 0 Å². The van der Waals surface area contributed by atoms with Crippen LogP contribution in [-0.2, 0) is 29.7 Å². The molecule has 1 heterocycles. The van der Waals surface area contributed by atoms with E-state index in [-0.39, 0.29) is 27.7 Å². The largest absolute Gasteiger partial charge is 0.280 e. The van der Waals surface area contributed by atoms with E-state index in [4.69, 9.17) is 0 Å². The van der Waals surface area contributed by atoms with E-state index in [9.17, 15) is 29.6 Å². The first-order valence-corrected chi connectivity index (χ1v) is 12.7. The average molecular weight is 434 g/mol. The number of sulfone groups is 2. The molecule has 0 spiro atoms. The van der Waals surface area contributed by atoms with Crippen LogP contribution in [0.1, 0.15) is 6.42 Å². The van der Waals surface area contributed by atoms with E-state index >= 15 is 0 Å². The van der Waals surface area contributed by atoms with Crippen LogP contribution in [0, 0.1) is 5.82 Å². The number of hydrogen-bond acceptors (Lipinski definition) is 6. The summed E-state index contributed by atoms with van der Waals surface area (Å²) in [6.45, 7) is 0. The van der Waals surface area contributed by atoms with E-state index in [0.29, 0.717) is 0 Å². The number of halogens is 1. The fraction of sp³-hybridized carbons (Fsp3) is 0.250. The van der Waals surface area contributed by atoms with Crippen molar-refractivity contribution in [3.05, 3.63) is 54.3 Å². The highest BCUT2D eigenvalue weighted by atomic mass is 32.2. The van der Waals surface area contributed by atoms with Crippen molar-refractivity contribution < 1.29 is 29.6 Å². The highest BCUT2D eigenvalue weighted by Gasteiger charge is 2.38. The number of sulfonamides is 1. The maximum absolute atomic E-state index is 12.9. The highest BCUT2D eigenvalue weighted by Crippen LogP contribution is 2.27. The second-order valence-electron chi connectivity index (χ2n) is 6.16. The van der Waals surface area contributed by atoms with Crippen LogP contribution in [-0.4, -0.2) is 42.0 Å². The summed E-state index contributed by atoms with van der Waals surface area (Å²) in [6.07, 6.45) is -0.0184. The number of benzene rings is 2. The highest BCUT2D eigenvalue weighted by molar-refractivity contribution is 7.96. The lowest BCUT2D eigenvalue weighted by Gasteiger charge is -2.12. The normalized spacial score (nSPS) is 19.7. The van der Waals surface area contributed by atoms with Crippen molar-refractivity contribution in [3.63, 3.8) is 0 Å². The van der Waals surface area contributed by atoms with E-state index < -0.39 is 46.5 Å². The number of nitrogens with one attached hydrogen (secondary N) is 1. The first kappa shape index (κ1) is 19.8. The molecule has 0 aromatic heterocycles. The molecule has 1 atom stereocenters. The maximum Gasteiger partial charge on any atom is 0.261 e. The van der Waals surface area contributed by atoms with Crippen LogP contribution >= 0.6 is 0 Å². The first-order valence-electron chi connectivity index (χ1n) is 7.82. The zero-order valence-corrected chi connectivity index (χ0v) is 16.3. The lowest BCUT2D eigenvalue weighted by molar-refractivity contribution is 0.582. The Morgan fingerprint density at radius 3 is 2.19 bits per heavy atom. The molecule has 0 aliphatic carbocycles. The van der Waals surface area contributed by atoms with Gasteiger partial charge in [0.25, 0.3) is 10.0 Å². The Bertz CT molecular complexity index is 1170. The second-order valence-corrected chi connectivity index (χ2v) is 12.3. The van der Waals surface area contributed by atoms with Crippen molar-refractivity contribution >= 4 is 35.4 Å². The van der Waals surface area contributed by atoms with E-state index in [1.807, 2.05) is 0 Å². The average Bonchev–Trinajstić information content (AvgIpc) is 2.98. The van der Waals surface area contributed by atoms with Crippen LogP contribution in [0.15, 0.2) is 58.3 Å². The van der Waals surface area contributed by atoms with Gasteiger partial charge in [-0.3, -0.25) is 4.72 Å². The van der Waals surface area contributed by atoms with Gasteiger partial charge in [-0.2, -0.15) is 0 Å². The minimum atomic E-state index is -4.11. The van der Waals surface area contributed by atoms with Crippen LogP contribution < -0.4 is 4.72 Å². The van der Waals surface area contributed by atoms with E-state index in [1.54, 1.807) is 0 Å². The predicted molar refractivity (Wildman–Crippen MR) is 97.9 cm³/mol. The zero-order chi connectivity index (χ0) is 19.9. The van der Waals surface area contributed by atoms with Crippen molar-refractivity contribution in [2.75, 3.05) is 16.2 Å². The van der Waals surface area contributed by atoms with Crippen molar-refractivity contribution in [2.45, 2.75) is 21.5 Å². The molecule has 11 heteroatoms. The minimum Gasteiger partial charge on any atom is -0.280 e. The Hall–Kier alpha value is -1.98. The predicted octanol–water partition coefficient (Wildman–Crippen LogP) is 1.59. The Morgan fingerprint density at radius 2 is 1.59 bits per heavy atom. The molecule has 0 saturated carbocycles. The molecule has 7 nitrogen and oxygen atoms in total. The van der Waals surface area contributed by atoms with Gasteiger partial charge in [-0.1, -0.05) is 6.07 Å². The summed E-state index contributed by atoms with van der Waals surface area (Å²) in [5.41, 5.74) is 0.117. The van der Waals surface area contributed by atoms with Gasteiger partial charge in [0.1, 0.15) is 5.82 Å². The summed E-state index contributed by atoms with van der Waals surface area (Å²) in [4.78, 5) is -0.555. The fourth-order valence-electron chi connectivity index (χ4n) is 2.75. The molecular formula is C16H16FNO6S3. The van der Waals surface area contributed by atoms with Gasteiger partial charge in [-0.25, -0.2) is 29.6 Å². The molecule has 0 unspecified atom stereocenters. The number of rotatable bonds is 5. The van der Waals surface area contributed by atoms with Gasteiger partial charge in [-0.15, -0.1) is 0 Å². The molecule has 0 bridgehead atoms. The van der Waals surface area contributed by atoms with Gasteiger partial charge in [0.05, 0.1) is 26.5 Å². The lowest BCUT2D eigenvalue weighted by atomic mass is 10.3. The summed E-state index contributed by atoms with van der Waals surface area (Å²) in [5, 5.41) is -1.09. The quantitative estimate of drug-likeness (QED) is 0.766. The molecule has 1 saturated heterocycles. The number of hydrogen-bond donors (Lipinski definition) is 1. The Kier molecular flexibility index (Phi) is 5.04. The molecule has 146 valence electrons. The van der Waals surface area contributed by atoms with Gasteiger partial charge in [0.2, 0.25) is 0 Å². The summed E-state index contributed by atoms with van der Waals surface area (Å²) in [5.74, 6) is -1.21. The van der Waals surface area contributed by atoms with Crippen LogP contribution in [0.5, 0.6) is 0 Å². The Balaban J connectivity index is 1.92. The minimum absolute atomic E-state index is 0.0184.